The van der Waals surface area contributed by atoms with Crippen molar-refractivity contribution in [1.29, 1.82) is 0 Å². The van der Waals surface area contributed by atoms with Gasteiger partial charge in [-0.1, -0.05) is 36.4 Å². The van der Waals surface area contributed by atoms with Crippen LogP contribution in [0.1, 0.15) is 47.5 Å². The first-order chi connectivity index (χ1) is 14.0. The summed E-state index contributed by atoms with van der Waals surface area (Å²) >= 11 is 0. The minimum atomic E-state index is -0.336. The number of nitrogens with zero attached hydrogens (tertiary/aromatic N) is 2. The molecule has 1 aliphatic rings. The number of benzene rings is 2. The van der Waals surface area contributed by atoms with Crippen LogP contribution in [0.2, 0.25) is 0 Å². The summed E-state index contributed by atoms with van der Waals surface area (Å²) < 4.78 is 0. The Morgan fingerprint density at radius 1 is 1.03 bits per heavy atom. The zero-order valence-electron chi connectivity index (χ0n) is 17.1. The number of nitrogens with one attached hydrogen (secondary N) is 1. The van der Waals surface area contributed by atoms with Gasteiger partial charge in [-0.25, -0.2) is 4.98 Å². The summed E-state index contributed by atoms with van der Waals surface area (Å²) in [5, 5.41) is 4.81. The van der Waals surface area contributed by atoms with E-state index in [2.05, 4.69) is 48.6 Å². The molecule has 0 spiro atoms. The second-order valence-electron chi connectivity index (χ2n) is 8.08. The van der Waals surface area contributed by atoms with Crippen LogP contribution in [0.15, 0.2) is 54.6 Å². The summed E-state index contributed by atoms with van der Waals surface area (Å²) in [6, 6.07) is 18.5. The Balaban J connectivity index is 1.49. The first-order valence-corrected chi connectivity index (χ1v) is 10.3. The van der Waals surface area contributed by atoms with Gasteiger partial charge in [0.1, 0.15) is 5.82 Å². The molecule has 29 heavy (non-hydrogen) atoms. The third kappa shape index (κ3) is 4.04. The van der Waals surface area contributed by atoms with Gasteiger partial charge in [-0.3, -0.25) is 4.79 Å². The van der Waals surface area contributed by atoms with E-state index in [4.69, 9.17) is 10.7 Å². The SMILES string of the molecule is CN(C)c1cc(NC2CCC(c3ccccc3C(N)=O)CC2)nc2ccccc12. The van der Waals surface area contributed by atoms with E-state index in [-0.39, 0.29) is 5.91 Å². The van der Waals surface area contributed by atoms with E-state index in [9.17, 15) is 4.79 Å². The number of hydrogen-bond acceptors (Lipinski definition) is 4. The van der Waals surface area contributed by atoms with Gasteiger partial charge in [-0.2, -0.15) is 0 Å². The van der Waals surface area contributed by atoms with Crippen molar-refractivity contribution in [3.8, 4) is 0 Å². The van der Waals surface area contributed by atoms with Gasteiger partial charge in [-0.05, 0) is 49.3 Å². The minimum Gasteiger partial charge on any atom is -0.377 e. The van der Waals surface area contributed by atoms with Crippen molar-refractivity contribution >= 4 is 28.3 Å². The van der Waals surface area contributed by atoms with Gasteiger partial charge in [0.2, 0.25) is 5.91 Å². The van der Waals surface area contributed by atoms with Crippen molar-refractivity contribution in [2.45, 2.75) is 37.6 Å². The number of carbonyl (C=O) groups is 1. The number of para-hydroxylation sites is 1. The normalized spacial score (nSPS) is 19.1. The number of hydrogen-bond donors (Lipinski definition) is 2. The fourth-order valence-electron chi connectivity index (χ4n) is 4.44. The van der Waals surface area contributed by atoms with Crippen molar-refractivity contribution in [3.05, 3.63) is 65.7 Å². The molecule has 1 heterocycles. The molecule has 4 rings (SSSR count). The van der Waals surface area contributed by atoms with Crippen LogP contribution in [0.4, 0.5) is 11.5 Å². The van der Waals surface area contributed by atoms with Crippen LogP contribution in [-0.2, 0) is 0 Å². The maximum Gasteiger partial charge on any atom is 0.248 e. The second kappa shape index (κ2) is 8.11. The number of pyridine rings is 1. The number of carbonyl (C=O) groups excluding carboxylic acids is 1. The first-order valence-electron chi connectivity index (χ1n) is 10.3. The van der Waals surface area contributed by atoms with Crippen LogP contribution in [0.3, 0.4) is 0 Å². The molecule has 3 aromatic rings. The largest absolute Gasteiger partial charge is 0.377 e. The highest BCUT2D eigenvalue weighted by Gasteiger charge is 2.25. The van der Waals surface area contributed by atoms with Crippen LogP contribution in [-0.4, -0.2) is 31.0 Å². The van der Waals surface area contributed by atoms with Gasteiger partial charge in [0.25, 0.3) is 0 Å². The van der Waals surface area contributed by atoms with Crippen LogP contribution < -0.4 is 16.0 Å². The molecule has 0 bridgehead atoms. The molecule has 3 N–H and O–H groups in total. The average Bonchev–Trinajstić information content (AvgIpc) is 2.73. The zero-order valence-corrected chi connectivity index (χ0v) is 17.1. The summed E-state index contributed by atoms with van der Waals surface area (Å²) in [6.07, 6.45) is 4.17. The summed E-state index contributed by atoms with van der Waals surface area (Å²) in [5.74, 6) is 0.976. The Morgan fingerprint density at radius 3 is 2.45 bits per heavy atom. The molecule has 1 aromatic heterocycles. The van der Waals surface area contributed by atoms with E-state index in [1.807, 2.05) is 30.3 Å². The number of aromatic nitrogens is 1. The highest BCUT2D eigenvalue weighted by atomic mass is 16.1. The van der Waals surface area contributed by atoms with E-state index in [1.54, 1.807) is 0 Å². The van der Waals surface area contributed by atoms with E-state index < -0.39 is 0 Å². The molecule has 1 aliphatic carbocycles. The number of anilines is 2. The molecule has 0 atom stereocenters. The molecule has 5 nitrogen and oxygen atoms in total. The summed E-state index contributed by atoms with van der Waals surface area (Å²) in [4.78, 5) is 18.7. The summed E-state index contributed by atoms with van der Waals surface area (Å²) in [6.45, 7) is 0. The van der Waals surface area contributed by atoms with Gasteiger partial charge in [0, 0.05) is 42.8 Å². The molecule has 2 aromatic carbocycles. The lowest BCUT2D eigenvalue weighted by Crippen LogP contribution is -2.27. The van der Waals surface area contributed by atoms with Gasteiger partial charge in [-0.15, -0.1) is 0 Å². The Bertz CT molecular complexity index is 1020. The van der Waals surface area contributed by atoms with Crippen molar-refractivity contribution < 1.29 is 4.79 Å². The van der Waals surface area contributed by atoms with E-state index in [0.717, 1.165) is 48.0 Å². The van der Waals surface area contributed by atoms with E-state index in [1.165, 1.54) is 5.69 Å². The third-order valence-corrected chi connectivity index (χ3v) is 5.92. The fraction of sp³-hybridized carbons (Fsp3) is 0.333. The quantitative estimate of drug-likeness (QED) is 0.673. The number of rotatable bonds is 5. The predicted molar refractivity (Wildman–Crippen MR) is 120 cm³/mol. The number of nitrogens with two attached hydrogens (primary N) is 1. The predicted octanol–water partition coefficient (Wildman–Crippen LogP) is 4.54. The fourth-order valence-corrected chi connectivity index (χ4v) is 4.44. The Hall–Kier alpha value is -3.08. The number of fused-ring (bicyclic) bond motifs is 1. The van der Waals surface area contributed by atoms with Crippen LogP contribution in [0.25, 0.3) is 10.9 Å². The molecule has 1 fully saturated rings. The maximum absolute atomic E-state index is 11.8. The van der Waals surface area contributed by atoms with Crippen LogP contribution in [0, 0.1) is 0 Å². The lowest BCUT2D eigenvalue weighted by atomic mass is 9.80. The summed E-state index contributed by atoms with van der Waals surface area (Å²) in [5.41, 5.74) is 9.50. The van der Waals surface area contributed by atoms with Crippen molar-refractivity contribution in [1.82, 2.24) is 4.98 Å². The first kappa shape index (κ1) is 19.2. The van der Waals surface area contributed by atoms with Gasteiger partial charge >= 0.3 is 0 Å². The monoisotopic (exact) mass is 388 g/mol. The third-order valence-electron chi connectivity index (χ3n) is 5.92. The molecule has 1 saturated carbocycles. The Labute approximate surface area is 171 Å². The molecule has 0 saturated heterocycles. The Kier molecular flexibility index (Phi) is 5.38. The Morgan fingerprint density at radius 2 is 1.72 bits per heavy atom. The molecule has 150 valence electrons. The van der Waals surface area contributed by atoms with Gasteiger partial charge in [0.15, 0.2) is 0 Å². The van der Waals surface area contributed by atoms with E-state index >= 15 is 0 Å². The molecular weight excluding hydrogens is 360 g/mol. The lowest BCUT2D eigenvalue weighted by Gasteiger charge is -2.30. The van der Waals surface area contributed by atoms with Crippen molar-refractivity contribution in [2.24, 2.45) is 5.73 Å². The average molecular weight is 389 g/mol. The second-order valence-corrected chi connectivity index (χ2v) is 8.08. The highest BCUT2D eigenvalue weighted by Crippen LogP contribution is 2.36. The van der Waals surface area contributed by atoms with Gasteiger partial charge in [0.05, 0.1) is 5.52 Å². The van der Waals surface area contributed by atoms with Gasteiger partial charge < -0.3 is 16.0 Å². The smallest absolute Gasteiger partial charge is 0.248 e. The van der Waals surface area contributed by atoms with Crippen LogP contribution >= 0.6 is 0 Å². The minimum absolute atomic E-state index is 0.336. The maximum atomic E-state index is 11.8. The number of amides is 1. The standard InChI is InChI=1S/C24H28N4O/c1-28(2)22-15-23(27-21-10-6-5-9-20(21)22)26-17-13-11-16(12-14-17)18-7-3-4-8-19(18)24(25)29/h3-10,15-17H,11-14H2,1-2H3,(H2,25,29)(H,26,27). The molecule has 0 unspecified atom stereocenters. The van der Waals surface area contributed by atoms with Crippen molar-refractivity contribution in [3.63, 3.8) is 0 Å². The number of primary amides is 1. The molecule has 0 aliphatic heterocycles. The zero-order chi connectivity index (χ0) is 20.4. The lowest BCUT2D eigenvalue weighted by molar-refractivity contribution is 0.0998. The van der Waals surface area contributed by atoms with Crippen LogP contribution in [0.5, 0.6) is 0 Å². The van der Waals surface area contributed by atoms with Crippen molar-refractivity contribution in [2.75, 3.05) is 24.3 Å². The van der Waals surface area contributed by atoms with E-state index in [0.29, 0.717) is 17.5 Å². The molecule has 1 amide bonds. The highest BCUT2D eigenvalue weighted by molar-refractivity contribution is 5.94. The molecule has 5 heteroatoms. The topological polar surface area (TPSA) is 71.2 Å². The summed E-state index contributed by atoms with van der Waals surface area (Å²) in [7, 11) is 4.12. The molecule has 0 radical (unpaired) electrons. The molecular formula is C24H28N4O.